The summed E-state index contributed by atoms with van der Waals surface area (Å²) in [5.74, 6) is -1.15. The number of sulfonamides is 1. The summed E-state index contributed by atoms with van der Waals surface area (Å²) in [4.78, 5) is 10.9. The van der Waals surface area contributed by atoms with E-state index in [1.54, 1.807) is 6.92 Å². The van der Waals surface area contributed by atoms with E-state index >= 15 is 0 Å². The molecule has 19 heavy (non-hydrogen) atoms. The van der Waals surface area contributed by atoms with Crippen LogP contribution in [0.4, 0.5) is 0 Å². The second-order valence-electron chi connectivity index (χ2n) is 4.37. The molecule has 1 saturated heterocycles. The maximum Gasteiger partial charge on any atom is 0.335 e. The van der Waals surface area contributed by atoms with Gasteiger partial charge in [-0.05, 0) is 25.1 Å². The second kappa shape index (κ2) is 5.28. The van der Waals surface area contributed by atoms with Crippen LogP contribution >= 0.6 is 0 Å². The predicted molar refractivity (Wildman–Crippen MR) is 67.6 cm³/mol. The van der Waals surface area contributed by atoms with Crippen molar-refractivity contribution in [3.63, 3.8) is 0 Å². The first-order chi connectivity index (χ1) is 8.93. The van der Waals surface area contributed by atoms with Crippen LogP contribution in [0.1, 0.15) is 17.3 Å². The average Bonchev–Trinajstić information content (AvgIpc) is 2.39. The van der Waals surface area contributed by atoms with Crippen LogP contribution in [0.15, 0.2) is 29.2 Å². The third kappa shape index (κ3) is 2.78. The maximum absolute atomic E-state index is 12.4. The quantitative estimate of drug-likeness (QED) is 0.887. The largest absolute Gasteiger partial charge is 0.478 e. The van der Waals surface area contributed by atoms with Crippen LogP contribution in [0.2, 0.25) is 0 Å². The summed E-state index contributed by atoms with van der Waals surface area (Å²) in [5, 5.41) is 8.91. The molecule has 1 aliphatic rings. The van der Waals surface area contributed by atoms with Crippen LogP contribution in [0.5, 0.6) is 0 Å². The number of rotatable bonds is 3. The lowest BCUT2D eigenvalue weighted by Crippen LogP contribution is -2.46. The zero-order valence-corrected chi connectivity index (χ0v) is 11.3. The number of carboxylic acids is 1. The molecule has 7 heteroatoms. The van der Waals surface area contributed by atoms with Gasteiger partial charge in [-0.1, -0.05) is 6.07 Å². The molecule has 1 N–H and O–H groups in total. The van der Waals surface area contributed by atoms with Crippen molar-refractivity contribution < 1.29 is 23.1 Å². The standard InChI is InChI=1S/C12H15NO5S/c1-9-8-18-6-5-13(9)19(16,17)11-4-2-3-10(7-11)12(14)15/h2-4,7,9H,5-6,8H2,1H3,(H,14,15)/t9-/m1/s1. The molecule has 2 rings (SSSR count). The Labute approximate surface area is 111 Å². The van der Waals surface area contributed by atoms with Crippen molar-refractivity contribution in [3.8, 4) is 0 Å². The summed E-state index contributed by atoms with van der Waals surface area (Å²) in [6.07, 6.45) is 0. The number of ether oxygens (including phenoxy) is 1. The summed E-state index contributed by atoms with van der Waals surface area (Å²) in [6.45, 7) is 2.73. The molecule has 1 heterocycles. The molecule has 1 atom stereocenters. The van der Waals surface area contributed by atoms with Crippen molar-refractivity contribution in [2.24, 2.45) is 0 Å². The monoisotopic (exact) mass is 285 g/mol. The fourth-order valence-electron chi connectivity index (χ4n) is 1.99. The highest BCUT2D eigenvalue weighted by atomic mass is 32.2. The third-order valence-corrected chi connectivity index (χ3v) is 5.00. The predicted octanol–water partition coefficient (Wildman–Crippen LogP) is 0.794. The fourth-order valence-corrected chi connectivity index (χ4v) is 3.64. The van der Waals surface area contributed by atoms with E-state index in [1.165, 1.54) is 28.6 Å². The number of aromatic carboxylic acids is 1. The number of nitrogens with zero attached hydrogens (tertiary/aromatic N) is 1. The second-order valence-corrected chi connectivity index (χ2v) is 6.26. The molecule has 0 spiro atoms. The summed E-state index contributed by atoms with van der Waals surface area (Å²) in [6, 6.07) is 5.13. The lowest BCUT2D eigenvalue weighted by molar-refractivity contribution is 0.0392. The number of benzene rings is 1. The van der Waals surface area contributed by atoms with E-state index in [9.17, 15) is 13.2 Å². The Kier molecular flexibility index (Phi) is 3.88. The van der Waals surface area contributed by atoms with Crippen LogP contribution in [0.25, 0.3) is 0 Å². The zero-order chi connectivity index (χ0) is 14.0. The molecule has 0 saturated carbocycles. The highest BCUT2D eigenvalue weighted by Crippen LogP contribution is 2.21. The van der Waals surface area contributed by atoms with Gasteiger partial charge < -0.3 is 9.84 Å². The van der Waals surface area contributed by atoms with Crippen molar-refractivity contribution in [2.45, 2.75) is 17.9 Å². The first-order valence-corrected chi connectivity index (χ1v) is 7.30. The van der Waals surface area contributed by atoms with Crippen molar-refractivity contribution in [1.29, 1.82) is 0 Å². The molecular weight excluding hydrogens is 270 g/mol. The minimum atomic E-state index is -3.68. The lowest BCUT2D eigenvalue weighted by Gasteiger charge is -2.32. The maximum atomic E-state index is 12.4. The molecule has 1 aromatic carbocycles. The molecule has 1 fully saturated rings. The topological polar surface area (TPSA) is 83.9 Å². The molecule has 104 valence electrons. The van der Waals surface area contributed by atoms with Crippen molar-refractivity contribution in [3.05, 3.63) is 29.8 Å². The van der Waals surface area contributed by atoms with Gasteiger partial charge in [-0.3, -0.25) is 0 Å². The van der Waals surface area contributed by atoms with Gasteiger partial charge in [0.2, 0.25) is 10.0 Å². The van der Waals surface area contributed by atoms with E-state index in [2.05, 4.69) is 0 Å². The van der Waals surface area contributed by atoms with E-state index in [1.807, 2.05) is 0 Å². The number of hydrogen-bond acceptors (Lipinski definition) is 4. The van der Waals surface area contributed by atoms with E-state index in [0.717, 1.165) is 0 Å². The summed E-state index contributed by atoms with van der Waals surface area (Å²) >= 11 is 0. The Morgan fingerprint density at radius 1 is 1.47 bits per heavy atom. The van der Waals surface area contributed by atoms with Crippen LogP contribution < -0.4 is 0 Å². The van der Waals surface area contributed by atoms with Crippen LogP contribution in [0, 0.1) is 0 Å². The molecule has 0 radical (unpaired) electrons. The molecule has 1 aromatic rings. The van der Waals surface area contributed by atoms with Gasteiger partial charge in [0.25, 0.3) is 0 Å². The number of carboxylic acid groups (broad SMARTS) is 1. The van der Waals surface area contributed by atoms with E-state index in [4.69, 9.17) is 9.84 Å². The first kappa shape index (κ1) is 14.0. The fraction of sp³-hybridized carbons (Fsp3) is 0.417. The van der Waals surface area contributed by atoms with Crippen LogP contribution in [0.3, 0.4) is 0 Å². The lowest BCUT2D eigenvalue weighted by atomic mass is 10.2. The highest BCUT2D eigenvalue weighted by Gasteiger charge is 2.31. The molecule has 6 nitrogen and oxygen atoms in total. The van der Waals surface area contributed by atoms with Crippen LogP contribution in [-0.4, -0.2) is 49.6 Å². The number of morpholine rings is 1. The molecule has 0 bridgehead atoms. The SMILES string of the molecule is C[C@@H]1COCCN1S(=O)(=O)c1cccc(C(=O)O)c1. The number of hydrogen-bond donors (Lipinski definition) is 1. The molecular formula is C12H15NO5S. The third-order valence-electron chi connectivity index (χ3n) is 2.99. The van der Waals surface area contributed by atoms with E-state index in [-0.39, 0.29) is 23.0 Å². The molecule has 0 amide bonds. The molecule has 1 aliphatic heterocycles. The Balaban J connectivity index is 2.38. The smallest absolute Gasteiger partial charge is 0.335 e. The first-order valence-electron chi connectivity index (χ1n) is 5.86. The van der Waals surface area contributed by atoms with Gasteiger partial charge in [0, 0.05) is 12.6 Å². The van der Waals surface area contributed by atoms with E-state index in [0.29, 0.717) is 13.2 Å². The molecule has 0 aromatic heterocycles. The van der Waals surface area contributed by atoms with Gasteiger partial charge in [-0.15, -0.1) is 0 Å². The summed E-state index contributed by atoms with van der Waals surface area (Å²) in [7, 11) is -3.68. The molecule has 0 aliphatic carbocycles. The zero-order valence-electron chi connectivity index (χ0n) is 10.4. The Morgan fingerprint density at radius 2 is 2.21 bits per heavy atom. The van der Waals surface area contributed by atoms with Gasteiger partial charge in [-0.25, -0.2) is 13.2 Å². The van der Waals surface area contributed by atoms with Gasteiger partial charge in [-0.2, -0.15) is 4.31 Å². The van der Waals surface area contributed by atoms with Gasteiger partial charge in [0.05, 0.1) is 23.7 Å². The minimum Gasteiger partial charge on any atom is -0.478 e. The summed E-state index contributed by atoms with van der Waals surface area (Å²) in [5.41, 5.74) is -0.0398. The average molecular weight is 285 g/mol. The van der Waals surface area contributed by atoms with Crippen molar-refractivity contribution in [1.82, 2.24) is 4.31 Å². The van der Waals surface area contributed by atoms with Gasteiger partial charge >= 0.3 is 5.97 Å². The number of carbonyl (C=O) groups is 1. The van der Waals surface area contributed by atoms with E-state index < -0.39 is 16.0 Å². The van der Waals surface area contributed by atoms with Gasteiger partial charge in [0.1, 0.15) is 0 Å². The minimum absolute atomic E-state index is 0.00106. The Bertz CT molecular complexity index is 584. The Morgan fingerprint density at radius 3 is 2.84 bits per heavy atom. The van der Waals surface area contributed by atoms with Gasteiger partial charge in [0.15, 0.2) is 0 Å². The van der Waals surface area contributed by atoms with Crippen LogP contribution in [-0.2, 0) is 14.8 Å². The van der Waals surface area contributed by atoms with Crippen molar-refractivity contribution >= 4 is 16.0 Å². The Hall–Kier alpha value is -1.44. The summed E-state index contributed by atoms with van der Waals surface area (Å²) < 4.78 is 31.4. The highest BCUT2D eigenvalue weighted by molar-refractivity contribution is 7.89. The molecule has 0 unspecified atom stereocenters. The van der Waals surface area contributed by atoms with Crippen molar-refractivity contribution in [2.75, 3.05) is 19.8 Å². The normalized spacial score (nSPS) is 21.2.